The van der Waals surface area contributed by atoms with Crippen molar-refractivity contribution in [2.75, 3.05) is 6.54 Å². The molecule has 0 saturated carbocycles. The van der Waals surface area contributed by atoms with Gasteiger partial charge in [0.1, 0.15) is 0 Å². The van der Waals surface area contributed by atoms with Crippen molar-refractivity contribution in [3.63, 3.8) is 0 Å². The van der Waals surface area contributed by atoms with E-state index in [0.717, 1.165) is 43.4 Å². The smallest absolute Gasteiger partial charge is 0.312 e. The molecule has 4 heteroatoms. The summed E-state index contributed by atoms with van der Waals surface area (Å²) >= 11 is 0. The SMILES string of the molecule is CCCNC1CCc2cccc3[nH]c(=O)n(c23)C1. The lowest BCUT2D eigenvalue weighted by atomic mass is 10.1. The molecule has 2 heterocycles. The minimum atomic E-state index is 0.0163. The molecule has 1 aromatic carbocycles. The number of H-pyrrole nitrogens is 1. The van der Waals surface area contributed by atoms with E-state index < -0.39 is 0 Å². The highest BCUT2D eigenvalue weighted by atomic mass is 16.1. The van der Waals surface area contributed by atoms with Crippen LogP contribution in [0.1, 0.15) is 25.3 Å². The van der Waals surface area contributed by atoms with Gasteiger partial charge in [0, 0.05) is 12.6 Å². The number of hydrogen-bond acceptors (Lipinski definition) is 2. The summed E-state index contributed by atoms with van der Waals surface area (Å²) in [6, 6.07) is 6.54. The molecule has 96 valence electrons. The van der Waals surface area contributed by atoms with Crippen LogP contribution in [0.3, 0.4) is 0 Å². The molecule has 0 spiro atoms. The predicted molar refractivity (Wildman–Crippen MR) is 73.0 cm³/mol. The second kappa shape index (κ2) is 4.61. The van der Waals surface area contributed by atoms with Crippen LogP contribution in [0, 0.1) is 0 Å². The van der Waals surface area contributed by atoms with Crippen LogP contribution < -0.4 is 11.0 Å². The minimum absolute atomic E-state index is 0.0163. The maximum atomic E-state index is 12.0. The number of aryl methyl sites for hydroxylation is 1. The molecule has 2 aromatic rings. The number of nitrogens with one attached hydrogen (secondary N) is 2. The Morgan fingerprint density at radius 2 is 2.39 bits per heavy atom. The standard InChI is InChI=1S/C14H19N3O/c1-2-8-15-11-7-6-10-4-3-5-12-13(10)17(9-11)14(18)16-12/h3-5,11,15H,2,6-9H2,1H3,(H,16,18). The van der Waals surface area contributed by atoms with Gasteiger partial charge in [-0.25, -0.2) is 4.79 Å². The Hall–Kier alpha value is -1.55. The van der Waals surface area contributed by atoms with Crippen molar-refractivity contribution in [2.24, 2.45) is 0 Å². The molecule has 0 amide bonds. The molecule has 1 atom stereocenters. The molecule has 0 saturated heterocycles. The second-order valence-corrected chi connectivity index (χ2v) is 5.04. The molecule has 1 unspecified atom stereocenters. The van der Waals surface area contributed by atoms with Gasteiger partial charge in [-0.15, -0.1) is 0 Å². The quantitative estimate of drug-likeness (QED) is 0.863. The van der Waals surface area contributed by atoms with Gasteiger partial charge in [-0.2, -0.15) is 0 Å². The van der Waals surface area contributed by atoms with Crippen molar-refractivity contribution in [2.45, 2.75) is 38.8 Å². The lowest BCUT2D eigenvalue weighted by Gasteiger charge is -2.16. The van der Waals surface area contributed by atoms with E-state index in [2.05, 4.69) is 23.3 Å². The first kappa shape index (κ1) is 11.5. The average Bonchev–Trinajstić information content (AvgIpc) is 2.58. The summed E-state index contributed by atoms with van der Waals surface area (Å²) in [4.78, 5) is 15.0. The van der Waals surface area contributed by atoms with Crippen molar-refractivity contribution >= 4 is 11.0 Å². The fourth-order valence-corrected chi connectivity index (χ4v) is 2.83. The average molecular weight is 245 g/mol. The zero-order valence-electron chi connectivity index (χ0n) is 10.7. The number of aromatic amines is 1. The third-order valence-corrected chi connectivity index (χ3v) is 3.72. The van der Waals surface area contributed by atoms with Gasteiger partial charge < -0.3 is 10.3 Å². The van der Waals surface area contributed by atoms with Crippen LogP contribution in [0.4, 0.5) is 0 Å². The molecule has 4 nitrogen and oxygen atoms in total. The second-order valence-electron chi connectivity index (χ2n) is 5.04. The Kier molecular flexibility index (Phi) is 2.96. The number of imidazole rings is 1. The molecule has 3 rings (SSSR count). The van der Waals surface area contributed by atoms with E-state index in [1.54, 1.807) is 0 Å². The topological polar surface area (TPSA) is 49.8 Å². The summed E-state index contributed by atoms with van der Waals surface area (Å²) in [7, 11) is 0. The first-order valence-electron chi connectivity index (χ1n) is 6.73. The van der Waals surface area contributed by atoms with E-state index in [0.29, 0.717) is 6.04 Å². The van der Waals surface area contributed by atoms with Crippen LogP contribution in [-0.4, -0.2) is 22.1 Å². The van der Waals surface area contributed by atoms with Crippen LogP contribution >= 0.6 is 0 Å². The first-order chi connectivity index (χ1) is 8.79. The van der Waals surface area contributed by atoms with E-state index >= 15 is 0 Å². The summed E-state index contributed by atoms with van der Waals surface area (Å²) in [6.45, 7) is 3.96. The maximum absolute atomic E-state index is 12.0. The molecule has 1 aromatic heterocycles. The Balaban J connectivity index is 2.02. The van der Waals surface area contributed by atoms with Crippen LogP contribution in [0.25, 0.3) is 11.0 Å². The zero-order chi connectivity index (χ0) is 12.5. The molecule has 0 radical (unpaired) electrons. The van der Waals surface area contributed by atoms with Crippen molar-refractivity contribution in [3.8, 4) is 0 Å². The number of nitrogens with zero attached hydrogens (tertiary/aromatic N) is 1. The van der Waals surface area contributed by atoms with Gasteiger partial charge in [0.05, 0.1) is 11.0 Å². The molecule has 18 heavy (non-hydrogen) atoms. The highest BCUT2D eigenvalue weighted by Gasteiger charge is 2.19. The van der Waals surface area contributed by atoms with Crippen molar-refractivity contribution < 1.29 is 0 Å². The van der Waals surface area contributed by atoms with Gasteiger partial charge in [0.15, 0.2) is 0 Å². The molecule has 0 fully saturated rings. The van der Waals surface area contributed by atoms with Crippen LogP contribution in [0.5, 0.6) is 0 Å². The van der Waals surface area contributed by atoms with E-state index in [1.807, 2.05) is 16.7 Å². The van der Waals surface area contributed by atoms with Crippen molar-refractivity contribution in [3.05, 3.63) is 34.2 Å². The summed E-state index contributed by atoms with van der Waals surface area (Å²) in [6.07, 6.45) is 3.26. The monoisotopic (exact) mass is 245 g/mol. The highest BCUT2D eigenvalue weighted by Crippen LogP contribution is 2.21. The minimum Gasteiger partial charge on any atom is -0.312 e. The Morgan fingerprint density at radius 3 is 3.22 bits per heavy atom. The van der Waals surface area contributed by atoms with Gasteiger partial charge in [-0.05, 0) is 37.4 Å². The molecule has 1 aliphatic heterocycles. The summed E-state index contributed by atoms with van der Waals surface area (Å²) in [5, 5.41) is 3.53. The van der Waals surface area contributed by atoms with Crippen molar-refractivity contribution in [1.82, 2.24) is 14.9 Å². The number of rotatable bonds is 3. The van der Waals surface area contributed by atoms with E-state index in [1.165, 1.54) is 5.56 Å². The van der Waals surface area contributed by atoms with E-state index in [4.69, 9.17) is 0 Å². The van der Waals surface area contributed by atoms with E-state index in [-0.39, 0.29) is 5.69 Å². The number of para-hydroxylation sites is 1. The zero-order valence-corrected chi connectivity index (χ0v) is 10.7. The number of hydrogen-bond donors (Lipinski definition) is 2. The molecule has 2 N–H and O–H groups in total. The van der Waals surface area contributed by atoms with Crippen molar-refractivity contribution in [1.29, 1.82) is 0 Å². The summed E-state index contributed by atoms with van der Waals surface area (Å²) in [5.41, 5.74) is 3.37. The first-order valence-corrected chi connectivity index (χ1v) is 6.73. The summed E-state index contributed by atoms with van der Waals surface area (Å²) < 4.78 is 1.89. The largest absolute Gasteiger partial charge is 0.326 e. The van der Waals surface area contributed by atoms with Gasteiger partial charge in [0.2, 0.25) is 0 Å². The Bertz CT molecular complexity index is 611. The van der Waals surface area contributed by atoms with Gasteiger partial charge >= 0.3 is 5.69 Å². The lowest BCUT2D eigenvalue weighted by molar-refractivity contribution is 0.432. The molecule has 0 bridgehead atoms. The van der Waals surface area contributed by atoms with Gasteiger partial charge in [0.25, 0.3) is 0 Å². The third kappa shape index (κ3) is 1.86. The van der Waals surface area contributed by atoms with Crippen LogP contribution in [0.15, 0.2) is 23.0 Å². The fourth-order valence-electron chi connectivity index (χ4n) is 2.83. The molecule has 0 aliphatic carbocycles. The predicted octanol–water partition coefficient (Wildman–Crippen LogP) is 1.64. The van der Waals surface area contributed by atoms with Gasteiger partial charge in [-0.3, -0.25) is 4.57 Å². The lowest BCUT2D eigenvalue weighted by Crippen LogP contribution is -2.35. The molecule has 1 aliphatic rings. The fraction of sp³-hybridized carbons (Fsp3) is 0.500. The van der Waals surface area contributed by atoms with Crippen LogP contribution in [0.2, 0.25) is 0 Å². The van der Waals surface area contributed by atoms with E-state index in [9.17, 15) is 4.79 Å². The Labute approximate surface area is 106 Å². The number of benzene rings is 1. The molecular weight excluding hydrogens is 226 g/mol. The van der Waals surface area contributed by atoms with Crippen LogP contribution in [-0.2, 0) is 13.0 Å². The normalized spacial score (nSPS) is 19.1. The summed E-state index contributed by atoms with van der Waals surface area (Å²) in [5.74, 6) is 0. The maximum Gasteiger partial charge on any atom is 0.326 e. The Morgan fingerprint density at radius 1 is 1.50 bits per heavy atom. The molecular formula is C14H19N3O. The van der Waals surface area contributed by atoms with Gasteiger partial charge in [-0.1, -0.05) is 19.1 Å². The highest BCUT2D eigenvalue weighted by molar-refractivity contribution is 5.79. The number of aromatic nitrogens is 2. The third-order valence-electron chi connectivity index (χ3n) is 3.72.